The van der Waals surface area contributed by atoms with E-state index in [1.54, 1.807) is 24.3 Å². The van der Waals surface area contributed by atoms with Crippen molar-refractivity contribution in [2.45, 2.75) is 0 Å². The highest BCUT2D eigenvalue weighted by atomic mass is 16.5. The second-order valence-electron chi connectivity index (χ2n) is 5.13. The lowest BCUT2D eigenvalue weighted by molar-refractivity contribution is -0.147. The lowest BCUT2D eigenvalue weighted by atomic mass is 10.1. The molecule has 1 aliphatic rings. The molecule has 0 bridgehead atoms. The van der Waals surface area contributed by atoms with Crippen molar-refractivity contribution >= 4 is 35.2 Å². The highest BCUT2D eigenvalue weighted by molar-refractivity contribution is 6.36. The Labute approximate surface area is 154 Å². The molecule has 1 aromatic carbocycles. The summed E-state index contributed by atoms with van der Waals surface area (Å²) in [7, 11) is 2.35. The second kappa shape index (κ2) is 8.48. The smallest absolute Gasteiger partial charge is 0.394 e. The van der Waals surface area contributed by atoms with Crippen LogP contribution < -0.4 is 10.2 Å². The first-order chi connectivity index (χ1) is 12.9. The Hall–Kier alpha value is -3.88. The minimum Gasteiger partial charge on any atom is -0.474 e. The standard InChI is InChI=1S/C18H16N2O7/c1-26-17(24)13-8-3-4-9-20(14(13)18(25)27-2)12-7-5-6-11(10-12)19-15(21)16(22)23/h3-10H,1-2H3,(H,19,21)(H,22,23). The van der Waals surface area contributed by atoms with E-state index < -0.39 is 23.8 Å². The van der Waals surface area contributed by atoms with Gasteiger partial charge in [-0.25, -0.2) is 14.4 Å². The van der Waals surface area contributed by atoms with Gasteiger partial charge in [0.05, 0.1) is 19.8 Å². The summed E-state index contributed by atoms with van der Waals surface area (Å²) in [6.07, 6.45) is 6.05. The molecule has 140 valence electrons. The van der Waals surface area contributed by atoms with Crippen molar-refractivity contribution in [2.24, 2.45) is 0 Å². The molecule has 1 heterocycles. The molecule has 9 nitrogen and oxygen atoms in total. The number of esters is 2. The third kappa shape index (κ3) is 4.40. The van der Waals surface area contributed by atoms with Gasteiger partial charge in [-0.2, -0.15) is 0 Å². The number of hydrogen-bond acceptors (Lipinski definition) is 7. The number of nitrogens with one attached hydrogen (secondary N) is 1. The Morgan fingerprint density at radius 1 is 1.04 bits per heavy atom. The van der Waals surface area contributed by atoms with Gasteiger partial charge in [-0.15, -0.1) is 0 Å². The van der Waals surface area contributed by atoms with Crippen LogP contribution in [0.15, 0.2) is 60.0 Å². The normalized spacial score (nSPS) is 13.0. The van der Waals surface area contributed by atoms with Crippen molar-refractivity contribution < 1.29 is 33.8 Å². The Kier molecular flexibility index (Phi) is 6.10. The Morgan fingerprint density at radius 2 is 1.74 bits per heavy atom. The van der Waals surface area contributed by atoms with E-state index in [4.69, 9.17) is 14.6 Å². The minimum absolute atomic E-state index is 0.0330. The van der Waals surface area contributed by atoms with Crippen LogP contribution in [0.25, 0.3) is 0 Å². The van der Waals surface area contributed by atoms with Crippen LogP contribution in [0.3, 0.4) is 0 Å². The van der Waals surface area contributed by atoms with Gasteiger partial charge < -0.3 is 24.8 Å². The van der Waals surface area contributed by atoms with E-state index in [9.17, 15) is 19.2 Å². The fourth-order valence-electron chi connectivity index (χ4n) is 2.28. The Morgan fingerprint density at radius 3 is 2.37 bits per heavy atom. The number of ether oxygens (including phenoxy) is 2. The average molecular weight is 372 g/mol. The van der Waals surface area contributed by atoms with Crippen LogP contribution >= 0.6 is 0 Å². The predicted octanol–water partition coefficient (Wildman–Crippen LogP) is 1.20. The zero-order chi connectivity index (χ0) is 20.0. The van der Waals surface area contributed by atoms with Gasteiger partial charge in [-0.3, -0.25) is 4.79 Å². The average Bonchev–Trinajstić information content (AvgIpc) is 2.89. The van der Waals surface area contributed by atoms with Gasteiger partial charge in [-0.05, 0) is 30.4 Å². The molecule has 1 amide bonds. The third-order valence-corrected chi connectivity index (χ3v) is 3.47. The van der Waals surface area contributed by atoms with Gasteiger partial charge in [0.25, 0.3) is 0 Å². The summed E-state index contributed by atoms with van der Waals surface area (Å²) in [6, 6.07) is 6.07. The van der Waals surface area contributed by atoms with Crippen LogP contribution in [0.1, 0.15) is 0 Å². The second-order valence-corrected chi connectivity index (χ2v) is 5.13. The molecule has 0 radical (unpaired) electrons. The van der Waals surface area contributed by atoms with Gasteiger partial charge in [-0.1, -0.05) is 12.1 Å². The fourth-order valence-corrected chi connectivity index (χ4v) is 2.28. The summed E-state index contributed by atoms with van der Waals surface area (Å²) in [5, 5.41) is 10.9. The van der Waals surface area contributed by atoms with Crippen molar-refractivity contribution in [1.29, 1.82) is 0 Å². The SMILES string of the molecule is COC(=O)C1=C(C(=O)OC)N(c2cccc(NC(=O)C(=O)O)c2)C=CC=C1. The molecule has 0 aromatic heterocycles. The minimum atomic E-state index is -1.64. The molecule has 0 unspecified atom stereocenters. The molecule has 1 aliphatic heterocycles. The van der Waals surface area contributed by atoms with E-state index in [0.29, 0.717) is 5.69 Å². The summed E-state index contributed by atoms with van der Waals surface area (Å²) in [6.45, 7) is 0. The number of benzene rings is 1. The first-order valence-corrected chi connectivity index (χ1v) is 7.58. The first-order valence-electron chi connectivity index (χ1n) is 7.58. The van der Waals surface area contributed by atoms with Crippen LogP contribution in [-0.2, 0) is 28.7 Å². The van der Waals surface area contributed by atoms with Crippen molar-refractivity contribution in [3.05, 3.63) is 60.0 Å². The molecule has 2 N–H and O–H groups in total. The van der Waals surface area contributed by atoms with Gasteiger partial charge >= 0.3 is 23.8 Å². The van der Waals surface area contributed by atoms with Crippen molar-refractivity contribution in [3.63, 3.8) is 0 Å². The number of amides is 1. The molecular formula is C18H16N2O7. The van der Waals surface area contributed by atoms with Crippen molar-refractivity contribution in [2.75, 3.05) is 24.4 Å². The maximum absolute atomic E-state index is 12.3. The molecule has 1 aromatic rings. The van der Waals surface area contributed by atoms with Crippen molar-refractivity contribution in [3.8, 4) is 0 Å². The lowest BCUT2D eigenvalue weighted by Gasteiger charge is -2.23. The number of carboxylic acids is 1. The molecule has 0 fully saturated rings. The van der Waals surface area contributed by atoms with Gasteiger partial charge in [0, 0.05) is 17.6 Å². The monoisotopic (exact) mass is 372 g/mol. The zero-order valence-electron chi connectivity index (χ0n) is 14.5. The lowest BCUT2D eigenvalue weighted by Crippen LogP contribution is -2.27. The Bertz CT molecular complexity index is 883. The van der Waals surface area contributed by atoms with E-state index in [-0.39, 0.29) is 17.0 Å². The van der Waals surface area contributed by atoms with E-state index in [0.717, 1.165) is 0 Å². The number of anilines is 2. The van der Waals surface area contributed by atoms with Crippen molar-refractivity contribution in [1.82, 2.24) is 0 Å². The number of aliphatic carboxylic acids is 1. The number of carboxylic acid groups (broad SMARTS) is 1. The number of nitrogens with zero attached hydrogens (tertiary/aromatic N) is 1. The van der Waals surface area contributed by atoms with Crippen LogP contribution in [-0.4, -0.2) is 43.1 Å². The molecule has 27 heavy (non-hydrogen) atoms. The van der Waals surface area contributed by atoms with Crippen LogP contribution in [0, 0.1) is 0 Å². The summed E-state index contributed by atoms with van der Waals surface area (Å²) < 4.78 is 9.51. The van der Waals surface area contributed by atoms with Gasteiger partial charge in [0.2, 0.25) is 0 Å². The van der Waals surface area contributed by atoms with E-state index in [1.165, 1.54) is 43.5 Å². The molecule has 0 spiro atoms. The molecule has 2 rings (SSSR count). The van der Waals surface area contributed by atoms with Gasteiger partial charge in [0.15, 0.2) is 0 Å². The van der Waals surface area contributed by atoms with Crippen LogP contribution in [0.5, 0.6) is 0 Å². The highest BCUT2D eigenvalue weighted by Crippen LogP contribution is 2.28. The number of carbonyl (C=O) groups excluding carboxylic acids is 3. The molecule has 0 atom stereocenters. The van der Waals surface area contributed by atoms with E-state index in [2.05, 4.69) is 5.32 Å². The fraction of sp³-hybridized carbons (Fsp3) is 0.111. The quantitative estimate of drug-likeness (QED) is 0.597. The number of allylic oxidation sites excluding steroid dienone is 2. The zero-order valence-corrected chi connectivity index (χ0v) is 14.5. The molecule has 9 heteroatoms. The largest absolute Gasteiger partial charge is 0.474 e. The molecule has 0 saturated carbocycles. The summed E-state index contributed by atoms with van der Waals surface area (Å²) in [5.74, 6) is -4.37. The van der Waals surface area contributed by atoms with Crippen LogP contribution in [0.2, 0.25) is 0 Å². The van der Waals surface area contributed by atoms with E-state index >= 15 is 0 Å². The number of methoxy groups -OCH3 is 2. The first kappa shape index (κ1) is 19.4. The Balaban J connectivity index is 2.54. The summed E-state index contributed by atoms with van der Waals surface area (Å²) in [5.41, 5.74) is 0.430. The summed E-state index contributed by atoms with van der Waals surface area (Å²) >= 11 is 0. The van der Waals surface area contributed by atoms with E-state index in [1.807, 2.05) is 0 Å². The van der Waals surface area contributed by atoms with Crippen LogP contribution in [0.4, 0.5) is 11.4 Å². The number of hydrogen-bond donors (Lipinski definition) is 2. The number of rotatable bonds is 4. The predicted molar refractivity (Wildman–Crippen MR) is 94.5 cm³/mol. The number of carbonyl (C=O) groups is 4. The maximum Gasteiger partial charge on any atom is 0.394 e. The maximum atomic E-state index is 12.3. The van der Waals surface area contributed by atoms with Gasteiger partial charge in [0.1, 0.15) is 5.70 Å². The molecular weight excluding hydrogens is 356 g/mol. The molecule has 0 saturated heterocycles. The topological polar surface area (TPSA) is 122 Å². The third-order valence-electron chi connectivity index (χ3n) is 3.47. The highest BCUT2D eigenvalue weighted by Gasteiger charge is 2.27. The molecule has 0 aliphatic carbocycles. The summed E-state index contributed by atoms with van der Waals surface area (Å²) in [4.78, 5) is 47.9.